The molecule has 156 valence electrons. The average Bonchev–Trinajstić information content (AvgIpc) is 2.74. The summed E-state index contributed by atoms with van der Waals surface area (Å²) < 4.78 is 0. The summed E-state index contributed by atoms with van der Waals surface area (Å²) in [5, 5.41) is 2.81. The molecule has 0 unspecified atom stereocenters. The topological polar surface area (TPSA) is 69.7 Å². The fourth-order valence-corrected chi connectivity index (χ4v) is 5.47. The lowest BCUT2D eigenvalue weighted by Gasteiger charge is -2.54. The van der Waals surface area contributed by atoms with Gasteiger partial charge < -0.3 is 15.1 Å². The van der Waals surface area contributed by atoms with Crippen molar-refractivity contribution in [2.75, 3.05) is 26.2 Å². The number of nitrogens with one attached hydrogen (secondary N) is 1. The molecule has 1 atom stereocenters. The Morgan fingerprint density at radius 3 is 2.66 bits per heavy atom. The molecule has 2 heterocycles. The molecule has 6 heteroatoms. The van der Waals surface area contributed by atoms with Crippen LogP contribution in [0.15, 0.2) is 24.3 Å². The summed E-state index contributed by atoms with van der Waals surface area (Å²) in [6.07, 6.45) is 6.85. The van der Waals surface area contributed by atoms with Crippen LogP contribution < -0.4 is 5.32 Å². The maximum Gasteiger partial charge on any atom is 0.254 e. The number of rotatable bonds is 4. The normalized spacial score (nSPS) is 23.7. The van der Waals surface area contributed by atoms with Crippen molar-refractivity contribution in [3.05, 3.63) is 35.4 Å². The van der Waals surface area contributed by atoms with E-state index in [-0.39, 0.29) is 30.2 Å². The minimum Gasteiger partial charge on any atom is -0.353 e. The first-order chi connectivity index (χ1) is 14.1. The second-order valence-corrected chi connectivity index (χ2v) is 8.60. The van der Waals surface area contributed by atoms with Crippen molar-refractivity contribution in [2.45, 2.75) is 63.3 Å². The molecule has 1 N–H and O–H groups in total. The van der Waals surface area contributed by atoms with E-state index in [1.807, 2.05) is 29.2 Å². The molecule has 4 rings (SSSR count). The third kappa shape index (κ3) is 3.43. The highest BCUT2D eigenvalue weighted by atomic mass is 16.2. The fourth-order valence-electron chi connectivity index (χ4n) is 5.47. The van der Waals surface area contributed by atoms with Crippen LogP contribution in [0.4, 0.5) is 0 Å². The van der Waals surface area contributed by atoms with Gasteiger partial charge in [0.2, 0.25) is 11.8 Å². The van der Waals surface area contributed by atoms with E-state index in [1.165, 1.54) is 0 Å². The van der Waals surface area contributed by atoms with Crippen molar-refractivity contribution in [3.8, 4) is 0 Å². The molecular weight excluding hydrogens is 366 g/mol. The Kier molecular flexibility index (Phi) is 5.61. The van der Waals surface area contributed by atoms with Crippen LogP contribution in [0.3, 0.4) is 0 Å². The minimum atomic E-state index is -0.468. The third-order valence-electron chi connectivity index (χ3n) is 6.87. The van der Waals surface area contributed by atoms with E-state index in [0.29, 0.717) is 25.2 Å². The number of carbonyl (C=O) groups is 3. The highest BCUT2D eigenvalue weighted by Crippen LogP contribution is 2.50. The third-order valence-corrected chi connectivity index (χ3v) is 6.87. The van der Waals surface area contributed by atoms with Crippen molar-refractivity contribution in [1.29, 1.82) is 0 Å². The average molecular weight is 398 g/mol. The predicted molar refractivity (Wildman–Crippen MR) is 111 cm³/mol. The molecular formula is C23H31N3O3. The van der Waals surface area contributed by atoms with E-state index in [1.54, 1.807) is 4.90 Å². The highest BCUT2D eigenvalue weighted by Gasteiger charge is 2.55. The van der Waals surface area contributed by atoms with Crippen molar-refractivity contribution >= 4 is 17.7 Å². The van der Waals surface area contributed by atoms with E-state index < -0.39 is 5.54 Å². The maximum absolute atomic E-state index is 13.9. The summed E-state index contributed by atoms with van der Waals surface area (Å²) in [6.45, 7) is 3.95. The summed E-state index contributed by atoms with van der Waals surface area (Å²) in [5.41, 5.74) is 1.03. The number of carbonyl (C=O) groups excluding carboxylic acids is 3. The molecule has 6 nitrogen and oxygen atoms in total. The van der Waals surface area contributed by atoms with Crippen molar-refractivity contribution < 1.29 is 14.4 Å². The molecule has 1 saturated carbocycles. The molecule has 1 aromatic rings. The summed E-state index contributed by atoms with van der Waals surface area (Å²) in [6, 6.07) is 7.61. The Morgan fingerprint density at radius 1 is 1.17 bits per heavy atom. The molecule has 0 radical (unpaired) electrons. The Balaban J connectivity index is 1.81. The van der Waals surface area contributed by atoms with E-state index in [9.17, 15) is 14.4 Å². The van der Waals surface area contributed by atoms with Crippen molar-refractivity contribution in [3.63, 3.8) is 0 Å². The van der Waals surface area contributed by atoms with Gasteiger partial charge in [-0.3, -0.25) is 14.4 Å². The first-order valence-electron chi connectivity index (χ1n) is 11.0. The van der Waals surface area contributed by atoms with E-state index in [4.69, 9.17) is 0 Å². The molecule has 0 aromatic heterocycles. The number of benzene rings is 1. The smallest absolute Gasteiger partial charge is 0.254 e. The zero-order valence-corrected chi connectivity index (χ0v) is 17.3. The number of piperazine rings is 1. The first kappa shape index (κ1) is 19.9. The van der Waals surface area contributed by atoms with Crippen LogP contribution >= 0.6 is 0 Å². The van der Waals surface area contributed by atoms with Gasteiger partial charge in [-0.2, -0.15) is 0 Å². The lowest BCUT2D eigenvalue weighted by Crippen LogP contribution is -2.64. The second kappa shape index (κ2) is 8.17. The minimum absolute atomic E-state index is 0.00296. The molecule has 29 heavy (non-hydrogen) atoms. The predicted octanol–water partition coefficient (Wildman–Crippen LogP) is 2.69. The monoisotopic (exact) mass is 397 g/mol. The Hall–Kier alpha value is -2.37. The van der Waals surface area contributed by atoms with E-state index >= 15 is 0 Å². The number of fused-ring (bicyclic) bond motifs is 1. The van der Waals surface area contributed by atoms with Crippen LogP contribution in [0.1, 0.15) is 73.7 Å². The lowest BCUT2D eigenvalue weighted by molar-refractivity contribution is -0.143. The Morgan fingerprint density at radius 2 is 1.93 bits per heavy atom. The van der Waals surface area contributed by atoms with Crippen LogP contribution in [-0.2, 0) is 9.59 Å². The van der Waals surface area contributed by atoms with E-state index in [2.05, 4.69) is 12.2 Å². The van der Waals surface area contributed by atoms with Gasteiger partial charge in [0.1, 0.15) is 0 Å². The van der Waals surface area contributed by atoms with Crippen LogP contribution in [0.2, 0.25) is 0 Å². The number of unbranched alkanes of at least 4 members (excludes halogenated alkanes) is 1. The molecule has 0 bridgehead atoms. The summed E-state index contributed by atoms with van der Waals surface area (Å²) >= 11 is 0. The van der Waals surface area contributed by atoms with Crippen molar-refractivity contribution in [1.82, 2.24) is 15.1 Å². The van der Waals surface area contributed by atoms with Gasteiger partial charge in [-0.05, 0) is 30.9 Å². The molecule has 3 amide bonds. The van der Waals surface area contributed by atoms with Gasteiger partial charge >= 0.3 is 0 Å². The standard InChI is InChI=1S/C23H31N3O3/c1-2-3-14-26-21(28)18-10-6-5-9-17(18)20(23(26)11-7-4-8-12-23)22(29)25-15-13-24-19(27)16-25/h5-6,9-10,20H,2-4,7-8,11-16H2,1H3,(H,24,27)/t20-/m1/s1. The summed E-state index contributed by atoms with van der Waals surface area (Å²) in [5.74, 6) is -0.427. The zero-order chi connectivity index (χ0) is 20.4. The molecule has 1 saturated heterocycles. The van der Waals surface area contributed by atoms with Gasteiger partial charge in [0.05, 0.1) is 18.0 Å². The van der Waals surface area contributed by atoms with Gasteiger partial charge in [-0.25, -0.2) is 0 Å². The zero-order valence-electron chi connectivity index (χ0n) is 17.3. The van der Waals surface area contributed by atoms with Crippen molar-refractivity contribution in [2.24, 2.45) is 0 Å². The summed E-state index contributed by atoms with van der Waals surface area (Å²) in [7, 11) is 0. The Bertz CT molecular complexity index is 800. The molecule has 1 spiro atoms. The molecule has 1 aliphatic carbocycles. The Labute approximate surface area is 172 Å². The van der Waals surface area contributed by atoms with Crippen LogP contribution in [-0.4, -0.2) is 59.2 Å². The van der Waals surface area contributed by atoms with Crippen LogP contribution in [0.25, 0.3) is 0 Å². The molecule has 1 aromatic carbocycles. The lowest BCUT2D eigenvalue weighted by atomic mass is 9.65. The van der Waals surface area contributed by atoms with Gasteiger partial charge in [-0.15, -0.1) is 0 Å². The SMILES string of the molecule is CCCCN1C(=O)c2ccccc2[C@H](C(=O)N2CCNC(=O)C2)C12CCCCC2. The number of hydrogen-bond acceptors (Lipinski definition) is 3. The second-order valence-electron chi connectivity index (χ2n) is 8.60. The quantitative estimate of drug-likeness (QED) is 0.849. The fraction of sp³-hybridized carbons (Fsp3) is 0.609. The van der Waals surface area contributed by atoms with Gasteiger partial charge in [0.15, 0.2) is 0 Å². The first-order valence-corrected chi connectivity index (χ1v) is 11.0. The molecule has 2 aliphatic heterocycles. The van der Waals surface area contributed by atoms with Crippen LogP contribution in [0, 0.1) is 0 Å². The van der Waals surface area contributed by atoms with E-state index in [0.717, 1.165) is 50.5 Å². The highest BCUT2D eigenvalue weighted by molar-refractivity contribution is 6.02. The maximum atomic E-state index is 13.9. The number of amides is 3. The van der Waals surface area contributed by atoms with Gasteiger partial charge in [-0.1, -0.05) is 50.8 Å². The number of nitrogens with zero attached hydrogens (tertiary/aromatic N) is 2. The van der Waals surface area contributed by atoms with Crippen LogP contribution in [0.5, 0.6) is 0 Å². The number of hydrogen-bond donors (Lipinski definition) is 1. The molecule has 3 aliphatic rings. The molecule has 2 fully saturated rings. The largest absolute Gasteiger partial charge is 0.353 e. The van der Waals surface area contributed by atoms with Gasteiger partial charge in [0.25, 0.3) is 5.91 Å². The summed E-state index contributed by atoms with van der Waals surface area (Å²) in [4.78, 5) is 43.1. The van der Waals surface area contributed by atoms with Gasteiger partial charge in [0, 0.05) is 25.2 Å².